The molecule has 12 N–H and O–H groups in total. The number of aliphatic hydroxyl groups excluding tert-OH is 12. The molecular weight excluding hydrogens is 472 g/mol. The van der Waals surface area contributed by atoms with Gasteiger partial charge < -0.3 is 80.2 Å². The number of hydrogen-bond acceptors (Lipinski definition) is 16. The molecule has 16 nitrogen and oxygen atoms in total. The summed E-state index contributed by atoms with van der Waals surface area (Å²) in [6.45, 7) is -3.52. The van der Waals surface area contributed by atoms with Crippen LogP contribution in [0.1, 0.15) is 0 Å². The van der Waals surface area contributed by atoms with Gasteiger partial charge in [0.2, 0.25) is 0 Å². The zero-order valence-corrected chi connectivity index (χ0v) is 17.9. The monoisotopic (exact) mass is 506 g/mol. The summed E-state index contributed by atoms with van der Waals surface area (Å²) < 4.78 is 21.2. The minimum atomic E-state index is -1.98. The SMILES string of the molecule is OC[C@@H](O)[C@@H](O[C@@H]1O[C@H](CO)[C@H](O[C@H]2O[C@H](CO)[C@H](O)[C@H](O)[C@H]2O)[C@H](O)[C@H]1O)[C@H](O)[C@@H](O)CO. The smallest absolute Gasteiger partial charge is 0.187 e. The maximum atomic E-state index is 10.6. The van der Waals surface area contributed by atoms with E-state index in [1.165, 1.54) is 0 Å². The van der Waals surface area contributed by atoms with E-state index in [1.54, 1.807) is 0 Å². The van der Waals surface area contributed by atoms with Crippen LogP contribution in [-0.4, -0.2) is 174 Å². The standard InChI is InChI=1S/C18H34O16/c19-1-5(23)9(25)15(6(24)2-20)33-18-14(30)12(28)16(8(4-22)32-18)34-17-13(29)11(27)10(26)7(3-21)31-17/h5-30H,1-4H2/t5-,6+,7+,8+,9+,10-,11-,12+,13+,14+,15+,16-,17+,18-/m0/s1. The van der Waals surface area contributed by atoms with E-state index in [-0.39, 0.29) is 0 Å². The molecule has 0 aromatic heterocycles. The van der Waals surface area contributed by atoms with Crippen LogP contribution in [0.15, 0.2) is 0 Å². The molecule has 0 aromatic carbocycles. The molecule has 16 heteroatoms. The maximum absolute atomic E-state index is 10.6. The first kappa shape index (κ1) is 29.6. The molecule has 2 rings (SSSR count). The molecule has 0 aromatic rings. The van der Waals surface area contributed by atoms with Gasteiger partial charge in [-0.3, -0.25) is 0 Å². The molecule has 0 amide bonds. The van der Waals surface area contributed by atoms with Crippen molar-refractivity contribution in [3.63, 3.8) is 0 Å². The van der Waals surface area contributed by atoms with Crippen LogP contribution in [-0.2, 0) is 18.9 Å². The van der Waals surface area contributed by atoms with Gasteiger partial charge in [-0.25, -0.2) is 0 Å². The predicted molar refractivity (Wildman–Crippen MR) is 103 cm³/mol. The second kappa shape index (κ2) is 13.1. The Morgan fingerprint density at radius 1 is 0.618 bits per heavy atom. The van der Waals surface area contributed by atoms with Gasteiger partial charge in [0.15, 0.2) is 12.6 Å². The highest BCUT2D eigenvalue weighted by Gasteiger charge is 2.51. The van der Waals surface area contributed by atoms with Gasteiger partial charge in [-0.05, 0) is 0 Å². The first-order valence-corrected chi connectivity index (χ1v) is 10.5. The van der Waals surface area contributed by atoms with E-state index in [2.05, 4.69) is 0 Å². The Morgan fingerprint density at radius 3 is 1.68 bits per heavy atom. The van der Waals surface area contributed by atoms with E-state index in [1.807, 2.05) is 0 Å². The van der Waals surface area contributed by atoms with Crippen molar-refractivity contribution in [2.45, 2.75) is 85.8 Å². The van der Waals surface area contributed by atoms with E-state index in [9.17, 15) is 56.2 Å². The van der Waals surface area contributed by atoms with Gasteiger partial charge in [0.25, 0.3) is 0 Å². The highest BCUT2D eigenvalue weighted by atomic mass is 16.7. The molecule has 0 aliphatic carbocycles. The Morgan fingerprint density at radius 2 is 1.15 bits per heavy atom. The Labute approximate surface area is 193 Å². The molecular formula is C18H34O16. The minimum absolute atomic E-state index is 0.757. The molecule has 0 saturated carbocycles. The van der Waals surface area contributed by atoms with E-state index in [0.717, 1.165) is 0 Å². The van der Waals surface area contributed by atoms with E-state index < -0.39 is 112 Å². The normalized spacial score (nSPS) is 42.7. The van der Waals surface area contributed by atoms with Gasteiger partial charge in [0, 0.05) is 0 Å². The van der Waals surface area contributed by atoms with Crippen LogP contribution in [0.25, 0.3) is 0 Å². The molecule has 0 unspecified atom stereocenters. The van der Waals surface area contributed by atoms with Crippen molar-refractivity contribution in [2.24, 2.45) is 0 Å². The topological polar surface area (TPSA) is 280 Å². The first-order chi connectivity index (χ1) is 16.0. The summed E-state index contributed by atoms with van der Waals surface area (Å²) in [5.41, 5.74) is 0. The van der Waals surface area contributed by atoms with Crippen LogP contribution in [0.2, 0.25) is 0 Å². The molecule has 2 aliphatic rings. The predicted octanol–water partition coefficient (Wildman–Crippen LogP) is -7.94. The third kappa shape index (κ3) is 6.37. The lowest BCUT2D eigenvalue weighted by molar-refractivity contribution is -0.367. The molecule has 2 fully saturated rings. The summed E-state index contributed by atoms with van der Waals surface area (Å²) in [7, 11) is 0. The number of aliphatic hydroxyl groups is 12. The molecule has 2 heterocycles. The van der Waals surface area contributed by atoms with Crippen molar-refractivity contribution in [1.82, 2.24) is 0 Å². The fourth-order valence-electron chi connectivity index (χ4n) is 3.65. The summed E-state index contributed by atoms with van der Waals surface area (Å²) in [5.74, 6) is 0. The fourth-order valence-corrected chi connectivity index (χ4v) is 3.65. The first-order valence-electron chi connectivity index (χ1n) is 10.5. The summed E-state index contributed by atoms with van der Waals surface area (Å²) in [6.07, 6.45) is -24.7. The second-order valence-corrected chi connectivity index (χ2v) is 8.10. The van der Waals surface area contributed by atoms with Crippen LogP contribution in [0.5, 0.6) is 0 Å². The maximum Gasteiger partial charge on any atom is 0.187 e. The van der Waals surface area contributed by atoms with Crippen molar-refractivity contribution >= 4 is 0 Å². The number of rotatable bonds is 11. The quantitative estimate of drug-likeness (QED) is 0.124. The van der Waals surface area contributed by atoms with E-state index in [4.69, 9.17) is 24.1 Å². The van der Waals surface area contributed by atoms with E-state index >= 15 is 0 Å². The van der Waals surface area contributed by atoms with Crippen molar-refractivity contribution in [1.29, 1.82) is 0 Å². The lowest BCUT2D eigenvalue weighted by Gasteiger charge is -2.46. The Bertz CT molecular complexity index is 594. The average Bonchev–Trinajstić information content (AvgIpc) is 2.84. The Hall–Kier alpha value is -0.640. The molecule has 2 aliphatic heterocycles. The Kier molecular flexibility index (Phi) is 11.4. The number of hydrogen-bond donors (Lipinski definition) is 12. The van der Waals surface area contributed by atoms with Crippen molar-refractivity contribution in [2.75, 3.05) is 26.4 Å². The summed E-state index contributed by atoms with van der Waals surface area (Å²) >= 11 is 0. The van der Waals surface area contributed by atoms with Crippen LogP contribution in [0.3, 0.4) is 0 Å². The number of ether oxygens (including phenoxy) is 4. The molecule has 0 radical (unpaired) electrons. The van der Waals surface area contributed by atoms with Crippen molar-refractivity contribution in [3.8, 4) is 0 Å². The van der Waals surface area contributed by atoms with Crippen molar-refractivity contribution in [3.05, 3.63) is 0 Å². The van der Waals surface area contributed by atoms with Crippen molar-refractivity contribution < 1.29 is 80.2 Å². The third-order valence-corrected chi connectivity index (χ3v) is 5.74. The van der Waals surface area contributed by atoms with Crippen LogP contribution >= 0.6 is 0 Å². The van der Waals surface area contributed by atoms with Gasteiger partial charge in [-0.2, -0.15) is 0 Å². The van der Waals surface area contributed by atoms with Crippen LogP contribution in [0, 0.1) is 0 Å². The molecule has 0 spiro atoms. The largest absolute Gasteiger partial charge is 0.394 e. The van der Waals surface area contributed by atoms with E-state index in [0.29, 0.717) is 0 Å². The highest BCUT2D eigenvalue weighted by molar-refractivity contribution is 4.95. The zero-order chi connectivity index (χ0) is 25.7. The van der Waals surface area contributed by atoms with Gasteiger partial charge in [0.1, 0.15) is 73.2 Å². The molecule has 2 saturated heterocycles. The Balaban J connectivity index is 2.17. The van der Waals surface area contributed by atoms with Gasteiger partial charge in [-0.1, -0.05) is 0 Å². The van der Waals surface area contributed by atoms with Gasteiger partial charge in [-0.15, -0.1) is 0 Å². The molecule has 202 valence electrons. The summed E-state index contributed by atoms with van der Waals surface area (Å²) in [5, 5.41) is 118. The van der Waals surface area contributed by atoms with Crippen LogP contribution < -0.4 is 0 Å². The van der Waals surface area contributed by atoms with Gasteiger partial charge >= 0.3 is 0 Å². The fraction of sp³-hybridized carbons (Fsp3) is 1.00. The van der Waals surface area contributed by atoms with Crippen LogP contribution in [0.4, 0.5) is 0 Å². The molecule has 34 heavy (non-hydrogen) atoms. The summed E-state index contributed by atoms with van der Waals surface area (Å²) in [4.78, 5) is 0. The average molecular weight is 506 g/mol. The summed E-state index contributed by atoms with van der Waals surface area (Å²) in [6, 6.07) is 0. The minimum Gasteiger partial charge on any atom is -0.394 e. The lowest BCUT2D eigenvalue weighted by Crippen LogP contribution is -2.65. The molecule has 0 bridgehead atoms. The molecule has 14 atom stereocenters. The second-order valence-electron chi connectivity index (χ2n) is 8.10. The highest BCUT2D eigenvalue weighted by Crippen LogP contribution is 2.30. The zero-order valence-electron chi connectivity index (χ0n) is 17.9. The third-order valence-electron chi connectivity index (χ3n) is 5.74. The lowest BCUT2D eigenvalue weighted by atomic mass is 9.96. The van der Waals surface area contributed by atoms with Gasteiger partial charge in [0.05, 0.1) is 26.4 Å².